The van der Waals surface area contributed by atoms with Crippen molar-refractivity contribution in [3.05, 3.63) is 23.8 Å². The van der Waals surface area contributed by atoms with Crippen LogP contribution in [0.2, 0.25) is 0 Å². The topological polar surface area (TPSA) is 43.1 Å². The van der Waals surface area contributed by atoms with E-state index in [1.54, 1.807) is 0 Å². The maximum Gasteiger partial charge on any atom is 0.150 e. The Morgan fingerprint density at radius 1 is 1.50 bits per heavy atom. The Balaban J connectivity index is 4.02. The molecule has 0 aliphatic rings. The third-order valence-corrected chi connectivity index (χ3v) is 1.57. The Hall–Kier alpha value is -0.890. The fourth-order valence-corrected chi connectivity index (χ4v) is 0.826. The van der Waals surface area contributed by atoms with Gasteiger partial charge in [-0.3, -0.25) is 4.79 Å². The van der Waals surface area contributed by atoms with E-state index >= 15 is 0 Å². The Bertz CT molecular complexity index is 192. The van der Waals surface area contributed by atoms with Gasteiger partial charge in [-0.2, -0.15) is 0 Å². The second kappa shape index (κ2) is 6.80. The van der Waals surface area contributed by atoms with Crippen molar-refractivity contribution in [2.45, 2.75) is 26.7 Å². The van der Waals surface area contributed by atoms with E-state index in [1.165, 1.54) is 0 Å². The van der Waals surface area contributed by atoms with Crippen molar-refractivity contribution >= 4 is 5.78 Å². The average molecular weight is 167 g/mol. The molecule has 0 amide bonds. The van der Waals surface area contributed by atoms with Crippen molar-refractivity contribution < 1.29 is 4.79 Å². The van der Waals surface area contributed by atoms with Gasteiger partial charge in [-0.25, -0.2) is 0 Å². The van der Waals surface area contributed by atoms with Gasteiger partial charge in [0.15, 0.2) is 5.78 Å². The minimum absolute atomic E-state index is 0.0869. The van der Waals surface area contributed by atoms with Gasteiger partial charge in [-0.1, -0.05) is 25.2 Å². The zero-order valence-corrected chi connectivity index (χ0v) is 7.84. The fourth-order valence-electron chi connectivity index (χ4n) is 0.826. The molecule has 0 aromatic carbocycles. The van der Waals surface area contributed by atoms with Crippen LogP contribution < -0.4 is 5.73 Å². The van der Waals surface area contributed by atoms with Crippen LogP contribution >= 0.6 is 0 Å². The van der Waals surface area contributed by atoms with Gasteiger partial charge in [0.25, 0.3) is 0 Å². The monoisotopic (exact) mass is 167 g/mol. The lowest BCUT2D eigenvalue weighted by atomic mass is 10.1. The molecule has 2 N–H and O–H groups in total. The van der Waals surface area contributed by atoms with Crippen LogP contribution in [0.15, 0.2) is 23.8 Å². The molecule has 2 heteroatoms. The predicted octanol–water partition coefficient (Wildman–Crippen LogP) is 1.82. The molecule has 0 atom stereocenters. The number of Topliss-reactive ketones (excluding diaryl/α,β-unsaturated/α-hetero) is 1. The standard InChI is InChI=1S/C10H17NO/c1-3-5-6-9(4-2)7-10(12)8-11/h4-6H,3,7-8,11H2,1-2H3/b6-5-,9-4+. The van der Waals surface area contributed by atoms with Gasteiger partial charge in [0.1, 0.15) is 0 Å². The van der Waals surface area contributed by atoms with E-state index in [1.807, 2.05) is 25.2 Å². The van der Waals surface area contributed by atoms with Crippen molar-refractivity contribution in [3.63, 3.8) is 0 Å². The SMILES string of the molecule is C/C=C(\C=C/CC)CC(=O)CN. The van der Waals surface area contributed by atoms with Gasteiger partial charge in [0.05, 0.1) is 6.54 Å². The van der Waals surface area contributed by atoms with E-state index in [2.05, 4.69) is 6.92 Å². The molecule has 0 radical (unpaired) electrons. The van der Waals surface area contributed by atoms with Crippen LogP contribution in [0.3, 0.4) is 0 Å². The molecule has 0 aliphatic heterocycles. The highest BCUT2D eigenvalue weighted by molar-refractivity contribution is 5.83. The van der Waals surface area contributed by atoms with E-state index in [-0.39, 0.29) is 12.3 Å². The Labute approximate surface area is 74.1 Å². The minimum atomic E-state index is 0.0869. The molecule has 2 nitrogen and oxygen atoms in total. The molecular formula is C10H17NO. The lowest BCUT2D eigenvalue weighted by molar-refractivity contribution is -0.117. The van der Waals surface area contributed by atoms with Gasteiger partial charge in [0, 0.05) is 6.42 Å². The lowest BCUT2D eigenvalue weighted by Gasteiger charge is -1.97. The van der Waals surface area contributed by atoms with Crippen LogP contribution in [0.1, 0.15) is 26.7 Å². The number of hydrogen-bond donors (Lipinski definition) is 1. The van der Waals surface area contributed by atoms with Gasteiger partial charge in [-0.15, -0.1) is 0 Å². The van der Waals surface area contributed by atoms with Crippen molar-refractivity contribution in [1.29, 1.82) is 0 Å². The van der Waals surface area contributed by atoms with Crippen LogP contribution in [0, 0.1) is 0 Å². The summed E-state index contributed by atoms with van der Waals surface area (Å²) in [7, 11) is 0. The molecule has 68 valence electrons. The summed E-state index contributed by atoms with van der Waals surface area (Å²) in [5.41, 5.74) is 6.25. The van der Waals surface area contributed by atoms with Gasteiger partial charge < -0.3 is 5.73 Å². The van der Waals surface area contributed by atoms with Crippen LogP contribution in [0.4, 0.5) is 0 Å². The van der Waals surface area contributed by atoms with Crippen molar-refractivity contribution in [2.24, 2.45) is 5.73 Å². The minimum Gasteiger partial charge on any atom is -0.324 e. The molecule has 0 aliphatic carbocycles. The lowest BCUT2D eigenvalue weighted by Crippen LogP contribution is -2.13. The summed E-state index contributed by atoms with van der Waals surface area (Å²) >= 11 is 0. The quantitative estimate of drug-likeness (QED) is 0.635. The number of allylic oxidation sites excluding steroid dienone is 4. The summed E-state index contributed by atoms with van der Waals surface area (Å²) in [5, 5.41) is 0. The van der Waals surface area contributed by atoms with Crippen LogP contribution in [0.25, 0.3) is 0 Å². The highest BCUT2D eigenvalue weighted by Gasteiger charge is 1.99. The number of ketones is 1. The molecule has 12 heavy (non-hydrogen) atoms. The van der Waals surface area contributed by atoms with Crippen LogP contribution in [0.5, 0.6) is 0 Å². The Morgan fingerprint density at radius 2 is 2.17 bits per heavy atom. The second-order valence-corrected chi connectivity index (χ2v) is 2.59. The van der Waals surface area contributed by atoms with Gasteiger partial charge >= 0.3 is 0 Å². The van der Waals surface area contributed by atoms with E-state index in [0.29, 0.717) is 6.42 Å². The molecule has 0 aromatic heterocycles. The Kier molecular flexibility index (Phi) is 6.29. The fraction of sp³-hybridized carbons (Fsp3) is 0.500. The summed E-state index contributed by atoms with van der Waals surface area (Å²) in [6.45, 7) is 4.13. The number of carbonyl (C=O) groups is 1. The molecule has 0 aromatic rings. The molecule has 0 rings (SSSR count). The number of hydrogen-bond acceptors (Lipinski definition) is 2. The Morgan fingerprint density at radius 3 is 2.58 bits per heavy atom. The van der Waals surface area contributed by atoms with E-state index in [0.717, 1.165) is 12.0 Å². The maximum absolute atomic E-state index is 10.9. The molecular weight excluding hydrogens is 150 g/mol. The summed E-state index contributed by atoms with van der Waals surface area (Å²) in [4.78, 5) is 10.9. The highest BCUT2D eigenvalue weighted by Crippen LogP contribution is 2.04. The van der Waals surface area contributed by atoms with E-state index in [4.69, 9.17) is 5.73 Å². The molecule has 0 saturated heterocycles. The first kappa shape index (κ1) is 11.1. The first-order valence-electron chi connectivity index (χ1n) is 4.28. The van der Waals surface area contributed by atoms with Gasteiger partial charge in [-0.05, 0) is 18.9 Å². The molecule has 0 fully saturated rings. The van der Waals surface area contributed by atoms with Crippen LogP contribution in [-0.4, -0.2) is 12.3 Å². The second-order valence-electron chi connectivity index (χ2n) is 2.59. The van der Waals surface area contributed by atoms with E-state index in [9.17, 15) is 4.79 Å². The molecule has 0 saturated carbocycles. The zero-order valence-electron chi connectivity index (χ0n) is 7.84. The summed E-state index contributed by atoms with van der Waals surface area (Å²) in [6.07, 6.45) is 7.42. The molecule has 0 unspecified atom stereocenters. The van der Waals surface area contributed by atoms with Crippen molar-refractivity contribution in [3.8, 4) is 0 Å². The largest absolute Gasteiger partial charge is 0.324 e. The van der Waals surface area contributed by atoms with E-state index < -0.39 is 0 Å². The molecule has 0 heterocycles. The summed E-state index contributed by atoms with van der Waals surface area (Å²) in [6, 6.07) is 0. The smallest absolute Gasteiger partial charge is 0.150 e. The third-order valence-electron chi connectivity index (χ3n) is 1.57. The first-order valence-corrected chi connectivity index (χ1v) is 4.28. The maximum atomic E-state index is 10.9. The number of rotatable bonds is 5. The predicted molar refractivity (Wildman–Crippen MR) is 51.9 cm³/mol. The third kappa shape index (κ3) is 4.85. The van der Waals surface area contributed by atoms with Gasteiger partial charge in [0.2, 0.25) is 0 Å². The highest BCUT2D eigenvalue weighted by atomic mass is 16.1. The number of carbonyl (C=O) groups excluding carboxylic acids is 1. The zero-order chi connectivity index (χ0) is 9.40. The van der Waals surface area contributed by atoms with Crippen molar-refractivity contribution in [2.75, 3.05) is 6.54 Å². The summed E-state index contributed by atoms with van der Waals surface area (Å²) < 4.78 is 0. The normalized spacial score (nSPS) is 12.4. The summed E-state index contributed by atoms with van der Waals surface area (Å²) in [5.74, 6) is 0.0869. The average Bonchev–Trinajstić information content (AvgIpc) is 2.11. The molecule has 0 spiro atoms. The molecule has 0 bridgehead atoms. The van der Waals surface area contributed by atoms with Crippen LogP contribution in [-0.2, 0) is 4.79 Å². The first-order chi connectivity index (χ1) is 5.74. The van der Waals surface area contributed by atoms with Crippen molar-refractivity contribution in [1.82, 2.24) is 0 Å². The number of nitrogens with two attached hydrogens (primary N) is 1.